The number of benzene rings is 2. The van der Waals surface area contributed by atoms with Crippen molar-refractivity contribution in [3.05, 3.63) is 84.1 Å². The first-order valence-electron chi connectivity index (χ1n) is 11.9. The summed E-state index contributed by atoms with van der Waals surface area (Å²) >= 11 is 0. The summed E-state index contributed by atoms with van der Waals surface area (Å²) in [5.41, 5.74) is 2.04. The van der Waals surface area contributed by atoms with E-state index in [0.29, 0.717) is 12.4 Å². The maximum absolute atomic E-state index is 14.4. The minimum absolute atomic E-state index is 0.127. The number of hydrogen-bond donors (Lipinski definition) is 0. The van der Waals surface area contributed by atoms with Gasteiger partial charge in [0.2, 0.25) is 0 Å². The summed E-state index contributed by atoms with van der Waals surface area (Å²) in [4.78, 5) is 1.88. The standard InChI is InChI=1S/C22H23F2N3O.C3H8.C2H6/c23-22(24)12-14-26(16-20(22)28-17-19-9-5-2-6-10-19)21-11-13-27(25-21)15-18-7-3-1-4-8-18;1-3-2;1-2/h1-11,13,20H,12,14-17H2;3H2,1-2H3;1-2H3. The number of halogens is 2. The van der Waals surface area contributed by atoms with Crippen LogP contribution in [0.3, 0.4) is 0 Å². The number of aromatic nitrogens is 2. The number of piperidine rings is 1. The van der Waals surface area contributed by atoms with Gasteiger partial charge >= 0.3 is 0 Å². The minimum atomic E-state index is -2.84. The second-order valence-electron chi connectivity index (χ2n) is 7.81. The second kappa shape index (κ2) is 13.7. The SMILES string of the molecule is CC.CCC.FC1(F)CCN(c2ccn(Cc3ccccc3)n2)CC1OCc1ccccc1. The van der Waals surface area contributed by atoms with Crippen molar-refractivity contribution in [3.63, 3.8) is 0 Å². The minimum Gasteiger partial charge on any atom is -0.365 e. The van der Waals surface area contributed by atoms with Gasteiger partial charge in [-0.2, -0.15) is 5.10 Å². The Morgan fingerprint density at radius 3 is 2.12 bits per heavy atom. The third-order valence-electron chi connectivity index (χ3n) is 5.00. The molecule has 0 spiro atoms. The molecule has 1 atom stereocenters. The molecule has 180 valence electrons. The van der Waals surface area contributed by atoms with E-state index < -0.39 is 12.0 Å². The van der Waals surface area contributed by atoms with Gasteiger partial charge in [-0.1, -0.05) is 94.8 Å². The fraction of sp³-hybridized carbons (Fsp3) is 0.444. The Bertz CT molecular complexity index is 900. The topological polar surface area (TPSA) is 30.3 Å². The Balaban J connectivity index is 0.000000714. The zero-order valence-electron chi connectivity index (χ0n) is 20.3. The van der Waals surface area contributed by atoms with Crippen LogP contribution < -0.4 is 4.90 Å². The molecule has 1 unspecified atom stereocenters. The molecular weight excluding hydrogens is 420 g/mol. The Morgan fingerprint density at radius 1 is 0.939 bits per heavy atom. The van der Waals surface area contributed by atoms with Crippen LogP contribution in [0, 0.1) is 0 Å². The maximum Gasteiger partial charge on any atom is 0.277 e. The first kappa shape index (κ1) is 26.5. The summed E-state index contributed by atoms with van der Waals surface area (Å²) in [5, 5.41) is 4.57. The molecule has 1 aliphatic heterocycles. The summed E-state index contributed by atoms with van der Waals surface area (Å²) in [6.07, 6.45) is 1.74. The number of ether oxygens (including phenoxy) is 1. The third-order valence-corrected chi connectivity index (χ3v) is 5.00. The van der Waals surface area contributed by atoms with Crippen molar-refractivity contribution >= 4 is 5.82 Å². The Labute approximate surface area is 197 Å². The van der Waals surface area contributed by atoms with E-state index in [2.05, 4.69) is 18.9 Å². The molecule has 1 fully saturated rings. The Hall–Kier alpha value is -2.73. The van der Waals surface area contributed by atoms with Gasteiger partial charge in [-0.3, -0.25) is 4.68 Å². The third kappa shape index (κ3) is 8.28. The molecule has 4 rings (SSSR count). The molecule has 0 bridgehead atoms. The van der Waals surface area contributed by atoms with E-state index in [4.69, 9.17) is 4.74 Å². The van der Waals surface area contributed by atoms with Crippen LogP contribution in [0.25, 0.3) is 0 Å². The molecule has 1 aliphatic rings. The molecule has 0 radical (unpaired) electrons. The maximum atomic E-state index is 14.4. The van der Waals surface area contributed by atoms with Crippen LogP contribution in [0.2, 0.25) is 0 Å². The number of hydrogen-bond acceptors (Lipinski definition) is 3. The normalized spacial score (nSPS) is 16.8. The van der Waals surface area contributed by atoms with E-state index in [0.717, 1.165) is 11.1 Å². The molecule has 0 saturated carbocycles. The van der Waals surface area contributed by atoms with Gasteiger partial charge in [0.25, 0.3) is 5.92 Å². The second-order valence-corrected chi connectivity index (χ2v) is 7.81. The highest BCUT2D eigenvalue weighted by Gasteiger charge is 2.45. The molecule has 6 heteroatoms. The Kier molecular flexibility index (Phi) is 11.0. The lowest BCUT2D eigenvalue weighted by Crippen LogP contribution is -2.52. The molecule has 1 aromatic heterocycles. The van der Waals surface area contributed by atoms with E-state index in [1.807, 2.05) is 96.4 Å². The average Bonchev–Trinajstić information content (AvgIpc) is 3.30. The molecular formula is C27H37F2N3O. The van der Waals surface area contributed by atoms with Crippen LogP contribution in [-0.4, -0.2) is 34.9 Å². The molecule has 2 heterocycles. The van der Waals surface area contributed by atoms with Crippen LogP contribution in [0.5, 0.6) is 0 Å². The number of nitrogens with zero attached hydrogens (tertiary/aromatic N) is 3. The van der Waals surface area contributed by atoms with Gasteiger partial charge in [-0.25, -0.2) is 8.78 Å². The molecule has 3 aromatic rings. The van der Waals surface area contributed by atoms with Crippen molar-refractivity contribution in [3.8, 4) is 0 Å². The average molecular weight is 458 g/mol. The number of alkyl halides is 2. The highest BCUT2D eigenvalue weighted by molar-refractivity contribution is 5.38. The van der Waals surface area contributed by atoms with E-state index in [1.54, 1.807) is 0 Å². The van der Waals surface area contributed by atoms with Crippen molar-refractivity contribution in [1.29, 1.82) is 0 Å². The van der Waals surface area contributed by atoms with E-state index in [-0.39, 0.29) is 26.1 Å². The van der Waals surface area contributed by atoms with E-state index >= 15 is 0 Å². The van der Waals surface area contributed by atoms with Crippen LogP contribution in [0.4, 0.5) is 14.6 Å². The largest absolute Gasteiger partial charge is 0.365 e. The van der Waals surface area contributed by atoms with Crippen molar-refractivity contribution < 1.29 is 13.5 Å². The predicted octanol–water partition coefficient (Wildman–Crippen LogP) is 6.80. The summed E-state index contributed by atoms with van der Waals surface area (Å²) in [6.45, 7) is 9.47. The van der Waals surface area contributed by atoms with Gasteiger partial charge in [0.1, 0.15) is 6.10 Å². The highest BCUT2D eigenvalue weighted by Crippen LogP contribution is 2.33. The molecule has 0 amide bonds. The predicted molar refractivity (Wildman–Crippen MR) is 132 cm³/mol. The van der Waals surface area contributed by atoms with Crippen molar-refractivity contribution in [2.75, 3.05) is 18.0 Å². The van der Waals surface area contributed by atoms with Crippen LogP contribution >= 0.6 is 0 Å². The smallest absolute Gasteiger partial charge is 0.277 e. The quantitative estimate of drug-likeness (QED) is 0.408. The molecule has 0 N–H and O–H groups in total. The number of anilines is 1. The molecule has 0 aliphatic carbocycles. The zero-order valence-corrected chi connectivity index (χ0v) is 20.3. The van der Waals surface area contributed by atoms with Crippen LogP contribution in [-0.2, 0) is 17.9 Å². The Morgan fingerprint density at radius 2 is 1.52 bits per heavy atom. The van der Waals surface area contributed by atoms with Gasteiger partial charge in [0.05, 0.1) is 19.7 Å². The number of rotatable bonds is 6. The molecule has 33 heavy (non-hydrogen) atoms. The molecule has 1 saturated heterocycles. The lowest BCUT2D eigenvalue weighted by atomic mass is 10.0. The molecule has 4 nitrogen and oxygen atoms in total. The van der Waals surface area contributed by atoms with Crippen molar-refractivity contribution in [2.24, 2.45) is 0 Å². The summed E-state index contributed by atoms with van der Waals surface area (Å²) < 4.78 is 36.2. The first-order chi connectivity index (χ1) is 16.0. The van der Waals surface area contributed by atoms with E-state index in [9.17, 15) is 8.78 Å². The van der Waals surface area contributed by atoms with Crippen LogP contribution in [0.1, 0.15) is 51.7 Å². The van der Waals surface area contributed by atoms with Gasteiger partial charge in [-0.05, 0) is 11.1 Å². The van der Waals surface area contributed by atoms with Crippen molar-refractivity contribution in [1.82, 2.24) is 9.78 Å². The monoisotopic (exact) mass is 457 g/mol. The lowest BCUT2D eigenvalue weighted by molar-refractivity contribution is -0.150. The van der Waals surface area contributed by atoms with Gasteiger partial charge in [0, 0.05) is 25.2 Å². The zero-order chi connectivity index (χ0) is 24.1. The van der Waals surface area contributed by atoms with Gasteiger partial charge in [-0.15, -0.1) is 0 Å². The summed E-state index contributed by atoms with van der Waals surface area (Å²) in [7, 11) is 0. The highest BCUT2D eigenvalue weighted by atomic mass is 19.3. The first-order valence-corrected chi connectivity index (χ1v) is 11.9. The van der Waals surface area contributed by atoms with Crippen LogP contribution in [0.15, 0.2) is 72.9 Å². The summed E-state index contributed by atoms with van der Waals surface area (Å²) in [6, 6.07) is 21.3. The molecule has 2 aromatic carbocycles. The van der Waals surface area contributed by atoms with E-state index in [1.165, 1.54) is 6.42 Å². The van der Waals surface area contributed by atoms with Crippen molar-refractivity contribution in [2.45, 2.75) is 65.7 Å². The van der Waals surface area contributed by atoms with Gasteiger partial charge in [0.15, 0.2) is 5.82 Å². The lowest BCUT2D eigenvalue weighted by Gasteiger charge is -2.38. The summed E-state index contributed by atoms with van der Waals surface area (Å²) in [5.74, 6) is -2.13. The fourth-order valence-corrected chi connectivity index (χ4v) is 3.40. The van der Waals surface area contributed by atoms with Gasteiger partial charge < -0.3 is 9.64 Å². The fourth-order valence-electron chi connectivity index (χ4n) is 3.40.